The van der Waals surface area contributed by atoms with Gasteiger partial charge in [0.2, 0.25) is 0 Å². The van der Waals surface area contributed by atoms with Crippen molar-refractivity contribution in [1.82, 2.24) is 14.4 Å². The van der Waals surface area contributed by atoms with Gasteiger partial charge in [-0.25, -0.2) is 0 Å². The van der Waals surface area contributed by atoms with Crippen molar-refractivity contribution in [3.8, 4) is 28.8 Å². The summed E-state index contributed by atoms with van der Waals surface area (Å²) in [5.74, 6) is 0.460. The number of methoxy groups -OCH3 is 1. The van der Waals surface area contributed by atoms with Crippen LogP contribution >= 0.6 is 0 Å². The number of hydrogen-bond acceptors (Lipinski definition) is 7. The standard InChI is InChI=1S/C44H45N5O5/c1-29-33(10-7-11-42(29)53-4)26-48(35-13-15-37(50)16-14-35)44(52)39-24-41(46(3)30(39)2)40-22-31(25-45)12-17-38(40)43(51)49-27-34-9-6-5-8-32(34)23-36(49)28-47-18-20-54-21-19-47/h5-17,22,24,36,50H,18-21,23,26-28H2,1-4H3/t36-/m0/s1. The van der Waals surface area contributed by atoms with Crippen molar-refractivity contribution in [3.63, 3.8) is 0 Å². The van der Waals surface area contributed by atoms with Crippen molar-refractivity contribution in [1.29, 1.82) is 5.26 Å². The highest BCUT2D eigenvalue weighted by molar-refractivity contribution is 6.08. The molecule has 0 unspecified atom stereocenters. The van der Waals surface area contributed by atoms with E-state index < -0.39 is 0 Å². The Morgan fingerprint density at radius 1 is 0.944 bits per heavy atom. The third-order valence-electron chi connectivity index (χ3n) is 11.0. The van der Waals surface area contributed by atoms with E-state index in [1.165, 1.54) is 5.56 Å². The summed E-state index contributed by atoms with van der Waals surface area (Å²) in [5, 5.41) is 20.1. The van der Waals surface area contributed by atoms with Gasteiger partial charge in [0.05, 0.1) is 44.1 Å². The average molecular weight is 724 g/mol. The van der Waals surface area contributed by atoms with E-state index in [0.717, 1.165) is 48.5 Å². The van der Waals surface area contributed by atoms with Crippen LogP contribution in [0.3, 0.4) is 0 Å². The number of aromatic hydroxyl groups is 1. The highest BCUT2D eigenvalue weighted by Crippen LogP contribution is 2.34. The first-order valence-corrected chi connectivity index (χ1v) is 18.3. The molecule has 54 heavy (non-hydrogen) atoms. The zero-order valence-corrected chi connectivity index (χ0v) is 31.2. The number of nitriles is 1. The van der Waals surface area contributed by atoms with Crippen molar-refractivity contribution < 1.29 is 24.2 Å². The fourth-order valence-electron chi connectivity index (χ4n) is 7.69. The minimum atomic E-state index is -0.246. The molecule has 0 radical (unpaired) electrons. The molecule has 4 aromatic carbocycles. The molecule has 5 aromatic rings. The third kappa shape index (κ3) is 7.21. The minimum Gasteiger partial charge on any atom is -0.508 e. The van der Waals surface area contributed by atoms with Gasteiger partial charge in [-0.15, -0.1) is 0 Å². The molecule has 2 aliphatic heterocycles. The summed E-state index contributed by atoms with van der Waals surface area (Å²) in [6.07, 6.45) is 0.743. The van der Waals surface area contributed by atoms with Crippen molar-refractivity contribution in [2.24, 2.45) is 7.05 Å². The summed E-state index contributed by atoms with van der Waals surface area (Å²) in [5.41, 5.74) is 8.13. The number of hydrogen-bond donors (Lipinski definition) is 1. The molecule has 0 spiro atoms. The van der Waals surface area contributed by atoms with Crippen LogP contribution in [0.2, 0.25) is 0 Å². The lowest BCUT2D eigenvalue weighted by atomic mass is 9.91. The Morgan fingerprint density at radius 3 is 2.41 bits per heavy atom. The van der Waals surface area contributed by atoms with Gasteiger partial charge in [0, 0.05) is 67.5 Å². The largest absolute Gasteiger partial charge is 0.508 e. The van der Waals surface area contributed by atoms with Gasteiger partial charge < -0.3 is 28.9 Å². The van der Waals surface area contributed by atoms with Crippen LogP contribution in [0.4, 0.5) is 5.69 Å². The number of anilines is 1. The number of aromatic nitrogens is 1. The zero-order valence-electron chi connectivity index (χ0n) is 31.2. The molecule has 1 N–H and O–H groups in total. The maximum Gasteiger partial charge on any atom is 0.260 e. The highest BCUT2D eigenvalue weighted by atomic mass is 16.5. The Morgan fingerprint density at radius 2 is 1.69 bits per heavy atom. The van der Waals surface area contributed by atoms with Gasteiger partial charge >= 0.3 is 0 Å². The van der Waals surface area contributed by atoms with E-state index >= 15 is 0 Å². The zero-order chi connectivity index (χ0) is 37.9. The molecule has 7 rings (SSSR count). The van der Waals surface area contributed by atoms with E-state index in [1.807, 2.05) is 60.7 Å². The number of nitrogens with zero attached hydrogens (tertiary/aromatic N) is 5. The fraction of sp³-hybridized carbons (Fsp3) is 0.295. The van der Waals surface area contributed by atoms with Gasteiger partial charge in [-0.3, -0.25) is 14.5 Å². The number of fused-ring (bicyclic) bond motifs is 1. The number of rotatable bonds is 9. The van der Waals surface area contributed by atoms with Gasteiger partial charge in [0.1, 0.15) is 11.5 Å². The van der Waals surface area contributed by atoms with Crippen molar-refractivity contribution in [3.05, 3.63) is 136 Å². The van der Waals surface area contributed by atoms with Gasteiger partial charge in [0.25, 0.3) is 11.8 Å². The van der Waals surface area contributed by atoms with Crippen molar-refractivity contribution >= 4 is 17.5 Å². The molecule has 2 amide bonds. The minimum absolute atomic E-state index is 0.0554. The number of carbonyl (C=O) groups is 2. The second kappa shape index (κ2) is 15.6. The number of morpholine rings is 1. The molecule has 1 atom stereocenters. The molecule has 1 fully saturated rings. The molecule has 276 valence electrons. The summed E-state index contributed by atoms with van der Waals surface area (Å²) in [6.45, 7) is 8.31. The van der Waals surface area contributed by atoms with Crippen molar-refractivity contribution in [2.75, 3.05) is 44.9 Å². The lowest BCUT2D eigenvalue weighted by molar-refractivity contribution is 0.0193. The lowest BCUT2D eigenvalue weighted by Gasteiger charge is -2.40. The molecular formula is C44H45N5O5. The smallest absolute Gasteiger partial charge is 0.260 e. The molecule has 3 heterocycles. The van der Waals surface area contributed by atoms with Crippen LogP contribution in [0.5, 0.6) is 11.5 Å². The van der Waals surface area contributed by atoms with Crippen LogP contribution in [0.1, 0.15) is 54.2 Å². The van der Waals surface area contributed by atoms with Crippen LogP contribution in [0.15, 0.2) is 91.0 Å². The van der Waals surface area contributed by atoms with Crippen LogP contribution in [0, 0.1) is 25.2 Å². The Hall–Kier alpha value is -5.89. The summed E-state index contributed by atoms with van der Waals surface area (Å²) >= 11 is 0. The van der Waals surface area contributed by atoms with Gasteiger partial charge in [-0.1, -0.05) is 36.4 Å². The second-order valence-electron chi connectivity index (χ2n) is 14.1. The third-order valence-corrected chi connectivity index (χ3v) is 11.0. The monoisotopic (exact) mass is 723 g/mol. The van der Waals surface area contributed by atoms with E-state index in [0.29, 0.717) is 59.1 Å². The number of phenols is 1. The van der Waals surface area contributed by atoms with E-state index in [2.05, 4.69) is 29.2 Å². The number of phenolic OH excluding ortho intramolecular Hbond substituents is 1. The van der Waals surface area contributed by atoms with Gasteiger partial charge in [-0.05, 0) is 97.1 Å². The molecule has 10 nitrogen and oxygen atoms in total. The average Bonchev–Trinajstić information content (AvgIpc) is 3.50. The predicted octanol–water partition coefficient (Wildman–Crippen LogP) is 6.64. The predicted molar refractivity (Wildman–Crippen MR) is 208 cm³/mol. The number of amides is 2. The second-order valence-corrected chi connectivity index (χ2v) is 14.1. The first-order valence-electron chi connectivity index (χ1n) is 18.3. The maximum absolute atomic E-state index is 14.9. The quantitative estimate of drug-likeness (QED) is 0.182. The topological polar surface area (TPSA) is 111 Å². The lowest BCUT2D eigenvalue weighted by Crippen LogP contribution is -2.52. The first-order chi connectivity index (χ1) is 26.2. The van der Waals surface area contributed by atoms with E-state index in [-0.39, 0.29) is 30.2 Å². The van der Waals surface area contributed by atoms with Gasteiger partial charge in [0.15, 0.2) is 0 Å². The molecular weight excluding hydrogens is 679 g/mol. The molecule has 1 saturated heterocycles. The number of carbonyl (C=O) groups excluding carboxylic acids is 2. The molecule has 0 aliphatic carbocycles. The Kier molecular flexibility index (Phi) is 10.5. The van der Waals surface area contributed by atoms with Crippen LogP contribution in [-0.4, -0.2) is 77.3 Å². The van der Waals surface area contributed by atoms with Crippen LogP contribution < -0.4 is 9.64 Å². The first kappa shape index (κ1) is 36.5. The normalized spacial score (nSPS) is 15.7. The number of benzene rings is 4. The molecule has 2 aliphatic rings. The number of ether oxygens (including phenoxy) is 2. The SMILES string of the molecule is COc1cccc(CN(C(=O)c2cc(-c3cc(C#N)ccc3C(=O)N3Cc4ccccc4C[C@H]3CN3CCOCC3)n(C)c2C)c2ccc(O)cc2)c1C. The molecule has 1 aromatic heterocycles. The molecule has 10 heteroatoms. The Bertz CT molecular complexity index is 2230. The Labute approximate surface area is 316 Å². The fourth-order valence-corrected chi connectivity index (χ4v) is 7.69. The summed E-state index contributed by atoms with van der Waals surface area (Å²) in [6, 6.07) is 29.9. The summed E-state index contributed by atoms with van der Waals surface area (Å²) < 4.78 is 13.1. The Balaban J connectivity index is 1.28. The van der Waals surface area contributed by atoms with Crippen LogP contribution in [-0.2, 0) is 31.3 Å². The maximum atomic E-state index is 14.9. The van der Waals surface area contributed by atoms with Crippen LogP contribution in [0.25, 0.3) is 11.3 Å². The molecule has 0 bridgehead atoms. The van der Waals surface area contributed by atoms with Crippen molar-refractivity contribution in [2.45, 2.75) is 39.4 Å². The molecule has 0 saturated carbocycles. The van der Waals surface area contributed by atoms with E-state index in [1.54, 1.807) is 54.5 Å². The highest BCUT2D eigenvalue weighted by Gasteiger charge is 2.34. The summed E-state index contributed by atoms with van der Waals surface area (Å²) in [7, 11) is 3.50. The van der Waals surface area contributed by atoms with E-state index in [4.69, 9.17) is 9.47 Å². The van der Waals surface area contributed by atoms with Gasteiger partial charge in [-0.2, -0.15) is 5.26 Å². The summed E-state index contributed by atoms with van der Waals surface area (Å²) in [4.78, 5) is 35.7. The van der Waals surface area contributed by atoms with E-state index in [9.17, 15) is 20.0 Å².